The standard InChI is InChI=1S/C21H28FN5O4S/c1-12-10-31-8-7-27(12)19-14-11-32(29,30)21(2,3)17(14)25-18(26-19)13-5-6-16(15(22)9-13)24-20(28)23-4/h5-6,9,12,29-30H,7-8,10-11H2,1-4H3,(H2,23,24,28). The number of hydrogen-bond acceptors (Lipinski definition) is 7. The Hall–Kier alpha value is -2.47. The Morgan fingerprint density at radius 2 is 2.09 bits per heavy atom. The quantitative estimate of drug-likeness (QED) is 0.545. The van der Waals surface area contributed by atoms with Crippen molar-refractivity contribution in [2.75, 3.05) is 37.0 Å². The molecule has 4 rings (SSSR count). The van der Waals surface area contributed by atoms with E-state index in [4.69, 9.17) is 9.72 Å². The van der Waals surface area contributed by atoms with Crippen LogP contribution in [0.25, 0.3) is 11.4 Å². The first-order valence-electron chi connectivity index (χ1n) is 10.3. The number of hydrogen-bond donors (Lipinski definition) is 4. The molecule has 1 fully saturated rings. The maximum Gasteiger partial charge on any atom is 0.319 e. The van der Waals surface area contributed by atoms with Gasteiger partial charge in [-0.3, -0.25) is 9.11 Å². The van der Waals surface area contributed by atoms with Crippen LogP contribution in [0.5, 0.6) is 0 Å². The number of ether oxygens (including phenoxy) is 1. The van der Waals surface area contributed by atoms with Gasteiger partial charge in [0.1, 0.15) is 11.6 Å². The second-order valence-corrected chi connectivity index (χ2v) is 11.2. The van der Waals surface area contributed by atoms with E-state index >= 15 is 0 Å². The predicted molar refractivity (Wildman–Crippen MR) is 123 cm³/mol. The Balaban J connectivity index is 1.83. The van der Waals surface area contributed by atoms with E-state index in [1.165, 1.54) is 19.2 Å². The predicted octanol–water partition coefficient (Wildman–Crippen LogP) is 3.76. The Morgan fingerprint density at radius 3 is 2.75 bits per heavy atom. The Bertz CT molecular complexity index is 1060. The molecule has 2 amide bonds. The van der Waals surface area contributed by atoms with Crippen LogP contribution in [-0.4, -0.2) is 58.0 Å². The molecule has 2 aliphatic heterocycles. The highest BCUT2D eigenvalue weighted by Gasteiger charge is 2.48. The van der Waals surface area contributed by atoms with Gasteiger partial charge in [0.25, 0.3) is 0 Å². The molecule has 0 saturated carbocycles. The Kier molecular flexibility index (Phi) is 5.78. The highest BCUT2D eigenvalue weighted by atomic mass is 32.3. The van der Waals surface area contributed by atoms with Gasteiger partial charge in [0.05, 0.1) is 41.1 Å². The third-order valence-electron chi connectivity index (χ3n) is 6.06. The normalized spacial score (nSPS) is 22.2. The van der Waals surface area contributed by atoms with Gasteiger partial charge in [-0.15, -0.1) is 0 Å². The number of amides is 2. The molecule has 0 spiro atoms. The molecule has 32 heavy (non-hydrogen) atoms. The molecule has 0 radical (unpaired) electrons. The topological polar surface area (TPSA) is 120 Å². The summed E-state index contributed by atoms with van der Waals surface area (Å²) in [7, 11) is -1.54. The third-order valence-corrected chi connectivity index (χ3v) is 8.58. The highest BCUT2D eigenvalue weighted by molar-refractivity contribution is 8.24. The largest absolute Gasteiger partial charge is 0.377 e. The average molecular weight is 466 g/mol. The van der Waals surface area contributed by atoms with Crippen molar-refractivity contribution < 1.29 is 23.0 Å². The molecule has 174 valence electrons. The first kappa shape index (κ1) is 22.7. The van der Waals surface area contributed by atoms with Gasteiger partial charge in [0.15, 0.2) is 5.82 Å². The fourth-order valence-corrected chi connectivity index (χ4v) is 5.50. The lowest BCUT2D eigenvalue weighted by atomic mass is 10.0. The minimum atomic E-state index is -2.98. The number of fused-ring (bicyclic) bond motifs is 1. The van der Waals surface area contributed by atoms with Crippen LogP contribution in [0, 0.1) is 5.82 Å². The van der Waals surface area contributed by atoms with Gasteiger partial charge < -0.3 is 20.3 Å². The number of carbonyl (C=O) groups is 1. The van der Waals surface area contributed by atoms with Gasteiger partial charge in [0.2, 0.25) is 0 Å². The fraction of sp³-hybridized carbons (Fsp3) is 0.476. The van der Waals surface area contributed by atoms with Crippen molar-refractivity contribution in [2.24, 2.45) is 0 Å². The summed E-state index contributed by atoms with van der Waals surface area (Å²) in [6.45, 7) is 7.20. The molecular weight excluding hydrogens is 437 g/mol. The fourth-order valence-electron chi connectivity index (χ4n) is 3.99. The lowest BCUT2D eigenvalue weighted by molar-refractivity contribution is 0.0984. The molecular formula is C21H28FN5O4S. The van der Waals surface area contributed by atoms with E-state index in [9.17, 15) is 18.3 Å². The van der Waals surface area contributed by atoms with E-state index < -0.39 is 27.2 Å². The zero-order valence-corrected chi connectivity index (χ0v) is 19.3. The average Bonchev–Trinajstić information content (AvgIpc) is 2.93. The molecule has 0 aliphatic carbocycles. The molecule has 1 unspecified atom stereocenters. The smallest absolute Gasteiger partial charge is 0.319 e. The Labute approximate surface area is 187 Å². The van der Waals surface area contributed by atoms with Gasteiger partial charge >= 0.3 is 6.03 Å². The molecule has 3 heterocycles. The monoisotopic (exact) mass is 465 g/mol. The van der Waals surface area contributed by atoms with Crippen molar-refractivity contribution in [1.29, 1.82) is 0 Å². The number of anilines is 2. The van der Waals surface area contributed by atoms with Crippen molar-refractivity contribution in [3.05, 3.63) is 35.3 Å². The number of carbonyl (C=O) groups excluding carboxylic acids is 1. The van der Waals surface area contributed by atoms with Crippen LogP contribution >= 0.6 is 10.6 Å². The van der Waals surface area contributed by atoms with Crippen molar-refractivity contribution in [2.45, 2.75) is 37.3 Å². The highest BCUT2D eigenvalue weighted by Crippen LogP contribution is 2.66. The zero-order chi connectivity index (χ0) is 23.3. The molecule has 11 heteroatoms. The first-order chi connectivity index (χ1) is 15.0. The molecule has 0 bridgehead atoms. The molecule has 1 saturated heterocycles. The van der Waals surface area contributed by atoms with Crippen LogP contribution < -0.4 is 15.5 Å². The lowest BCUT2D eigenvalue weighted by Gasteiger charge is -2.40. The lowest BCUT2D eigenvalue weighted by Crippen LogP contribution is -2.44. The molecule has 2 aromatic rings. The van der Waals surface area contributed by atoms with Gasteiger partial charge in [-0.2, -0.15) is 10.6 Å². The minimum absolute atomic E-state index is 0.0331. The molecule has 2 aliphatic rings. The van der Waals surface area contributed by atoms with E-state index in [1.54, 1.807) is 19.9 Å². The van der Waals surface area contributed by atoms with E-state index in [0.29, 0.717) is 42.4 Å². The van der Waals surface area contributed by atoms with Crippen LogP contribution in [-0.2, 0) is 15.2 Å². The molecule has 1 aromatic carbocycles. The summed E-state index contributed by atoms with van der Waals surface area (Å²) in [5.41, 5.74) is 1.73. The van der Waals surface area contributed by atoms with Gasteiger partial charge in [0, 0.05) is 24.7 Å². The summed E-state index contributed by atoms with van der Waals surface area (Å²) < 4.78 is 40.9. The maximum atomic E-state index is 14.7. The van der Waals surface area contributed by atoms with Gasteiger partial charge in [-0.05, 0) is 39.0 Å². The summed E-state index contributed by atoms with van der Waals surface area (Å²) in [4.78, 5) is 23.0. The number of halogens is 1. The number of benzene rings is 1. The van der Waals surface area contributed by atoms with Crippen LogP contribution in [0.2, 0.25) is 0 Å². The van der Waals surface area contributed by atoms with Crippen LogP contribution in [0.4, 0.5) is 20.7 Å². The summed E-state index contributed by atoms with van der Waals surface area (Å²) in [6.07, 6.45) is 0. The molecule has 1 aromatic heterocycles. The van der Waals surface area contributed by atoms with Gasteiger partial charge in [-0.1, -0.05) is 0 Å². The number of morpholine rings is 1. The first-order valence-corrected chi connectivity index (χ1v) is 12.1. The number of nitrogens with one attached hydrogen (secondary N) is 2. The number of rotatable bonds is 3. The van der Waals surface area contributed by atoms with Crippen LogP contribution in [0.15, 0.2) is 18.2 Å². The van der Waals surface area contributed by atoms with Gasteiger partial charge in [-0.25, -0.2) is 19.2 Å². The van der Waals surface area contributed by atoms with Crippen LogP contribution in [0.1, 0.15) is 32.0 Å². The van der Waals surface area contributed by atoms with E-state index in [2.05, 4.69) is 20.5 Å². The maximum absolute atomic E-state index is 14.7. The Morgan fingerprint density at radius 1 is 1.34 bits per heavy atom. The number of urea groups is 1. The summed E-state index contributed by atoms with van der Waals surface area (Å²) in [6, 6.07) is 3.85. The minimum Gasteiger partial charge on any atom is -0.377 e. The summed E-state index contributed by atoms with van der Waals surface area (Å²) >= 11 is 0. The summed E-state index contributed by atoms with van der Waals surface area (Å²) in [5, 5.41) is 4.80. The second kappa shape index (κ2) is 8.14. The SMILES string of the molecule is CNC(=O)Nc1ccc(-c2nc(N3CCOCC3C)c3c(n2)C(C)(C)S(O)(O)C3)cc1F. The zero-order valence-electron chi connectivity index (χ0n) is 18.5. The second-order valence-electron chi connectivity index (χ2n) is 8.54. The van der Waals surface area contributed by atoms with E-state index in [-0.39, 0.29) is 23.3 Å². The third kappa shape index (κ3) is 3.79. The molecule has 1 atom stereocenters. The van der Waals surface area contributed by atoms with Crippen LogP contribution in [0.3, 0.4) is 0 Å². The van der Waals surface area contributed by atoms with Crippen molar-refractivity contribution in [3.8, 4) is 11.4 Å². The van der Waals surface area contributed by atoms with E-state index in [1.807, 2.05) is 6.92 Å². The number of aromatic nitrogens is 2. The number of nitrogens with zero attached hydrogens (tertiary/aromatic N) is 3. The van der Waals surface area contributed by atoms with Crippen molar-refractivity contribution in [1.82, 2.24) is 15.3 Å². The molecule has 4 N–H and O–H groups in total. The summed E-state index contributed by atoms with van der Waals surface area (Å²) in [5.74, 6) is 0.366. The van der Waals surface area contributed by atoms with Crippen molar-refractivity contribution in [3.63, 3.8) is 0 Å². The van der Waals surface area contributed by atoms with E-state index in [0.717, 1.165) is 0 Å². The molecule has 9 nitrogen and oxygen atoms in total. The van der Waals surface area contributed by atoms with Crippen molar-refractivity contribution >= 4 is 28.1 Å².